The van der Waals surface area contributed by atoms with E-state index < -0.39 is 68.3 Å². The predicted octanol–water partition coefficient (Wildman–Crippen LogP) is 4.09. The maximum atomic E-state index is 15.1. The van der Waals surface area contributed by atoms with Crippen LogP contribution >= 0.6 is 22.6 Å². The Bertz CT molecular complexity index is 1410. The first kappa shape index (κ1) is 26.7. The Hall–Kier alpha value is -2.95. The number of carbonyl (C=O) groups is 1. The number of nitrogens with one attached hydrogen (secondary N) is 3. The van der Waals surface area contributed by atoms with Gasteiger partial charge in [0, 0.05) is 9.99 Å². The van der Waals surface area contributed by atoms with Gasteiger partial charge in [0.1, 0.15) is 5.82 Å². The second-order valence-electron chi connectivity index (χ2n) is 7.07. The van der Waals surface area contributed by atoms with E-state index in [-0.39, 0.29) is 11.3 Å². The van der Waals surface area contributed by atoms with E-state index in [1.807, 2.05) is 28.1 Å². The van der Waals surface area contributed by atoms with E-state index in [1.54, 1.807) is 4.72 Å². The molecule has 1 amide bonds. The van der Waals surface area contributed by atoms with Crippen LogP contribution in [0.5, 0.6) is 0 Å². The van der Waals surface area contributed by atoms with Gasteiger partial charge in [0.2, 0.25) is 0 Å². The minimum atomic E-state index is -4.30. The van der Waals surface area contributed by atoms with Crippen molar-refractivity contribution >= 4 is 55.8 Å². The molecule has 0 aliphatic carbocycles. The van der Waals surface area contributed by atoms with Crippen molar-refractivity contribution in [3.63, 3.8) is 0 Å². The lowest BCUT2D eigenvalue weighted by atomic mass is 9.99. The summed E-state index contributed by atoms with van der Waals surface area (Å²) in [5, 5.41) is 7.24. The number of halogens is 5. The molecule has 0 radical (unpaired) electrons. The highest BCUT2D eigenvalue weighted by Crippen LogP contribution is 2.32. The summed E-state index contributed by atoms with van der Waals surface area (Å²) in [5.41, 5.74) is -0.561. The number of hydroxylamine groups is 1. The molecule has 3 aromatic carbocycles. The molecular formula is C21H17F4IN4O4S. The Morgan fingerprint density at radius 3 is 2.34 bits per heavy atom. The third kappa shape index (κ3) is 6.39. The second-order valence-corrected chi connectivity index (χ2v) is 9.61. The van der Waals surface area contributed by atoms with E-state index in [0.717, 1.165) is 25.3 Å². The molecule has 3 rings (SSSR count). The van der Waals surface area contributed by atoms with Crippen LogP contribution in [0.25, 0.3) is 0 Å². The van der Waals surface area contributed by atoms with Gasteiger partial charge in [0.25, 0.3) is 16.1 Å². The molecule has 0 bridgehead atoms. The Balaban J connectivity index is 2.09. The summed E-state index contributed by atoms with van der Waals surface area (Å²) in [7, 11) is -3.19. The van der Waals surface area contributed by atoms with Gasteiger partial charge in [-0.2, -0.15) is 8.42 Å². The fraction of sp³-hybridized carbons (Fsp3) is 0.0952. The molecule has 0 fully saturated rings. The molecule has 0 aliphatic rings. The van der Waals surface area contributed by atoms with E-state index in [9.17, 15) is 22.0 Å². The van der Waals surface area contributed by atoms with Crippen LogP contribution in [0.1, 0.15) is 21.5 Å². The molecule has 0 unspecified atom stereocenters. The number of hydrogen-bond acceptors (Lipinski definition) is 5. The van der Waals surface area contributed by atoms with Gasteiger partial charge in [-0.05, 0) is 64.0 Å². The third-order valence-electron chi connectivity index (χ3n) is 4.62. The van der Waals surface area contributed by atoms with E-state index in [4.69, 9.17) is 5.14 Å². The average Bonchev–Trinajstić information content (AvgIpc) is 2.76. The average molecular weight is 624 g/mol. The van der Waals surface area contributed by atoms with Crippen LogP contribution in [0.3, 0.4) is 0 Å². The van der Waals surface area contributed by atoms with Gasteiger partial charge in [-0.15, -0.1) is 0 Å². The standard InChI is InChI=1S/C21H17F4IN4O4S/c1-34-29-21(31)13-8-11(7-10-3-2-4-16(17(10)23)30-35(27,32)33)18(24)19(25)20(13)28-15-6-5-12(26)9-14(15)22/h2-6,8-9,28,30H,7H2,1H3,(H,29,31)(H2,27,32,33). The molecule has 35 heavy (non-hydrogen) atoms. The predicted molar refractivity (Wildman–Crippen MR) is 129 cm³/mol. The zero-order chi connectivity index (χ0) is 25.9. The highest BCUT2D eigenvalue weighted by atomic mass is 127. The minimum absolute atomic E-state index is 0.223. The van der Waals surface area contributed by atoms with Gasteiger partial charge >= 0.3 is 0 Å². The number of hydrogen-bond donors (Lipinski definition) is 4. The minimum Gasteiger partial charge on any atom is -0.350 e. The summed E-state index contributed by atoms with van der Waals surface area (Å²) in [6, 6.07) is 8.44. The zero-order valence-corrected chi connectivity index (χ0v) is 20.7. The van der Waals surface area contributed by atoms with Crippen LogP contribution in [0, 0.1) is 26.8 Å². The van der Waals surface area contributed by atoms with E-state index in [0.29, 0.717) is 3.57 Å². The lowest BCUT2D eigenvalue weighted by Crippen LogP contribution is -2.24. The van der Waals surface area contributed by atoms with Crippen molar-refractivity contribution in [3.8, 4) is 0 Å². The highest BCUT2D eigenvalue weighted by Gasteiger charge is 2.25. The van der Waals surface area contributed by atoms with Crippen molar-refractivity contribution in [1.82, 2.24) is 5.48 Å². The van der Waals surface area contributed by atoms with Crippen LogP contribution in [-0.2, 0) is 21.5 Å². The van der Waals surface area contributed by atoms with Crippen molar-refractivity contribution < 1.29 is 35.6 Å². The van der Waals surface area contributed by atoms with Crippen molar-refractivity contribution in [2.75, 3.05) is 17.1 Å². The fourth-order valence-electron chi connectivity index (χ4n) is 3.14. The quantitative estimate of drug-likeness (QED) is 0.171. The van der Waals surface area contributed by atoms with Crippen molar-refractivity contribution in [2.45, 2.75) is 6.42 Å². The second kappa shape index (κ2) is 10.8. The lowest BCUT2D eigenvalue weighted by Gasteiger charge is -2.17. The maximum absolute atomic E-state index is 15.1. The summed E-state index contributed by atoms with van der Waals surface area (Å²) in [6.07, 6.45) is -0.569. The summed E-state index contributed by atoms with van der Waals surface area (Å²) in [5.74, 6) is -5.81. The monoisotopic (exact) mass is 624 g/mol. The first-order valence-corrected chi connectivity index (χ1v) is 12.2. The van der Waals surface area contributed by atoms with E-state index >= 15 is 8.78 Å². The van der Waals surface area contributed by atoms with Gasteiger partial charge < -0.3 is 5.32 Å². The molecule has 0 atom stereocenters. The van der Waals surface area contributed by atoms with E-state index in [2.05, 4.69) is 10.2 Å². The smallest absolute Gasteiger partial charge is 0.296 e. The highest BCUT2D eigenvalue weighted by molar-refractivity contribution is 14.1. The van der Waals surface area contributed by atoms with Crippen LogP contribution in [0.15, 0.2) is 42.5 Å². The summed E-state index contributed by atoms with van der Waals surface area (Å²) >= 11 is 1.86. The fourth-order valence-corrected chi connectivity index (χ4v) is 4.05. The number of carbonyl (C=O) groups excluding carboxylic acids is 1. The van der Waals surface area contributed by atoms with Gasteiger partial charge in [-0.25, -0.2) is 28.2 Å². The number of rotatable bonds is 8. The molecule has 0 spiro atoms. The van der Waals surface area contributed by atoms with Crippen LogP contribution in [0.4, 0.5) is 34.6 Å². The third-order valence-corrected chi connectivity index (χ3v) is 5.80. The number of anilines is 3. The van der Waals surface area contributed by atoms with Crippen LogP contribution in [0.2, 0.25) is 0 Å². The van der Waals surface area contributed by atoms with Gasteiger partial charge in [0.05, 0.1) is 29.7 Å². The molecule has 0 saturated carbocycles. The Morgan fingerprint density at radius 1 is 1.00 bits per heavy atom. The summed E-state index contributed by atoms with van der Waals surface area (Å²) in [6.45, 7) is 0. The maximum Gasteiger partial charge on any atom is 0.296 e. The number of amides is 1. The molecule has 0 heterocycles. The number of nitrogens with two attached hydrogens (primary N) is 1. The van der Waals surface area contributed by atoms with Crippen LogP contribution in [-0.4, -0.2) is 21.4 Å². The molecule has 5 N–H and O–H groups in total. The Morgan fingerprint density at radius 2 is 1.71 bits per heavy atom. The molecule has 0 aromatic heterocycles. The van der Waals surface area contributed by atoms with Crippen molar-refractivity contribution in [1.29, 1.82) is 0 Å². The Kier molecular flexibility index (Phi) is 8.19. The first-order chi connectivity index (χ1) is 16.4. The molecule has 3 aromatic rings. The molecule has 8 nitrogen and oxygen atoms in total. The van der Waals surface area contributed by atoms with Crippen LogP contribution < -0.4 is 20.7 Å². The van der Waals surface area contributed by atoms with Crippen molar-refractivity contribution in [3.05, 3.63) is 86.0 Å². The normalized spacial score (nSPS) is 11.3. The number of benzene rings is 3. The summed E-state index contributed by atoms with van der Waals surface area (Å²) < 4.78 is 84.0. The Labute approximate surface area is 211 Å². The SMILES string of the molecule is CONC(=O)c1cc(Cc2cccc(NS(N)(=O)=O)c2F)c(F)c(F)c1Nc1ccc(I)cc1F. The summed E-state index contributed by atoms with van der Waals surface area (Å²) in [4.78, 5) is 17.1. The van der Waals surface area contributed by atoms with Gasteiger partial charge in [-0.3, -0.25) is 14.4 Å². The lowest BCUT2D eigenvalue weighted by molar-refractivity contribution is 0.0538. The van der Waals surface area contributed by atoms with Gasteiger partial charge in [-0.1, -0.05) is 12.1 Å². The molecular weight excluding hydrogens is 607 g/mol. The molecule has 0 aliphatic heterocycles. The topological polar surface area (TPSA) is 123 Å². The van der Waals surface area contributed by atoms with Gasteiger partial charge in [0.15, 0.2) is 17.5 Å². The first-order valence-electron chi connectivity index (χ1n) is 9.55. The molecule has 14 heteroatoms. The van der Waals surface area contributed by atoms with Crippen molar-refractivity contribution in [2.24, 2.45) is 5.14 Å². The largest absolute Gasteiger partial charge is 0.350 e. The molecule has 186 valence electrons. The van der Waals surface area contributed by atoms with E-state index in [1.165, 1.54) is 24.3 Å². The molecule has 0 saturated heterocycles. The zero-order valence-electron chi connectivity index (χ0n) is 17.8.